The van der Waals surface area contributed by atoms with Crippen LogP contribution in [0, 0.1) is 42.9 Å². The molecule has 3 aromatic rings. The van der Waals surface area contributed by atoms with Gasteiger partial charge in [0.2, 0.25) is 5.82 Å². The Morgan fingerprint density at radius 3 is 2.11 bits per heavy atom. The Morgan fingerprint density at radius 2 is 1.49 bits per heavy atom. The summed E-state index contributed by atoms with van der Waals surface area (Å²) in [6, 6.07) is 10.5. The summed E-state index contributed by atoms with van der Waals surface area (Å²) in [7, 11) is 0. The largest absolute Gasteiger partial charge is 0.483 e. The molecule has 11 heteroatoms. The highest BCUT2D eigenvalue weighted by molar-refractivity contribution is 6.33. The molecule has 0 atom stereocenters. The molecule has 0 unspecified atom stereocenters. The van der Waals surface area contributed by atoms with Crippen LogP contribution in [-0.2, 0) is 4.79 Å². The number of piperazine rings is 1. The summed E-state index contributed by atoms with van der Waals surface area (Å²) >= 11 is 6.42. The summed E-state index contributed by atoms with van der Waals surface area (Å²) in [5.41, 5.74) is 2.10. The zero-order valence-corrected chi connectivity index (χ0v) is 20.7. The first kappa shape index (κ1) is 26.5. The van der Waals surface area contributed by atoms with Crippen LogP contribution in [0.3, 0.4) is 0 Å². The maximum absolute atomic E-state index is 14.2. The van der Waals surface area contributed by atoms with Crippen molar-refractivity contribution >= 4 is 34.6 Å². The standard InChI is InChI=1S/C26H23ClF5N3O2/c1-14-4-3-5-19(15(14)2)37-13-20(36)33-16-6-7-18(17(27)12-16)34-8-10-35(11-9-34)26-24(31)22(29)21(28)23(30)25(26)32/h3-7,12H,8-11,13H2,1-2H3,(H,33,36). The molecule has 1 fully saturated rings. The van der Waals surface area contributed by atoms with Gasteiger partial charge in [-0.1, -0.05) is 23.7 Å². The summed E-state index contributed by atoms with van der Waals surface area (Å²) in [4.78, 5) is 15.3. The molecule has 1 saturated heterocycles. The molecule has 1 heterocycles. The minimum absolute atomic E-state index is 0.00286. The maximum Gasteiger partial charge on any atom is 0.262 e. The van der Waals surface area contributed by atoms with Gasteiger partial charge in [-0.3, -0.25) is 4.79 Å². The third kappa shape index (κ3) is 5.44. The number of amides is 1. The summed E-state index contributed by atoms with van der Waals surface area (Å²) in [6.07, 6.45) is 0. The minimum Gasteiger partial charge on any atom is -0.483 e. The van der Waals surface area contributed by atoms with Crippen molar-refractivity contribution in [3.8, 4) is 5.75 Å². The summed E-state index contributed by atoms with van der Waals surface area (Å²) in [6.45, 7) is 4.10. The van der Waals surface area contributed by atoms with Gasteiger partial charge in [0, 0.05) is 31.9 Å². The lowest BCUT2D eigenvalue weighted by Gasteiger charge is -2.38. The molecule has 0 spiro atoms. The highest BCUT2D eigenvalue weighted by Gasteiger charge is 2.31. The van der Waals surface area contributed by atoms with Gasteiger partial charge in [0.1, 0.15) is 11.4 Å². The number of anilines is 3. The molecule has 3 aromatic carbocycles. The van der Waals surface area contributed by atoms with Crippen LogP contribution in [-0.4, -0.2) is 38.7 Å². The Hall–Kier alpha value is -3.53. The summed E-state index contributed by atoms with van der Waals surface area (Å²) in [5.74, 6) is -9.61. The van der Waals surface area contributed by atoms with E-state index in [1.165, 1.54) is 0 Å². The number of carbonyl (C=O) groups excluding carboxylic acids is 1. The quantitative estimate of drug-likeness (QED) is 0.237. The number of halogens is 6. The topological polar surface area (TPSA) is 44.8 Å². The number of hydrogen-bond donors (Lipinski definition) is 1. The molecular formula is C26H23ClF5N3O2. The monoisotopic (exact) mass is 539 g/mol. The average molecular weight is 540 g/mol. The van der Waals surface area contributed by atoms with Gasteiger partial charge in [0.05, 0.1) is 10.7 Å². The first-order valence-corrected chi connectivity index (χ1v) is 11.8. The number of hydrogen-bond acceptors (Lipinski definition) is 4. The van der Waals surface area contributed by atoms with Gasteiger partial charge >= 0.3 is 0 Å². The number of rotatable bonds is 6. The van der Waals surface area contributed by atoms with Crippen LogP contribution >= 0.6 is 11.6 Å². The minimum atomic E-state index is -2.19. The zero-order valence-electron chi connectivity index (χ0n) is 20.0. The van der Waals surface area contributed by atoms with Crippen molar-refractivity contribution in [1.29, 1.82) is 0 Å². The molecule has 1 aliphatic rings. The van der Waals surface area contributed by atoms with Crippen molar-refractivity contribution in [3.63, 3.8) is 0 Å². The Labute approximate surface area is 215 Å². The Morgan fingerprint density at radius 1 is 0.892 bits per heavy atom. The van der Waals surface area contributed by atoms with E-state index in [4.69, 9.17) is 16.3 Å². The zero-order chi connectivity index (χ0) is 26.9. The molecule has 196 valence electrons. The lowest BCUT2D eigenvalue weighted by atomic mass is 10.1. The van der Waals surface area contributed by atoms with Gasteiger partial charge in [-0.15, -0.1) is 0 Å². The summed E-state index contributed by atoms with van der Waals surface area (Å²) < 4.78 is 74.5. The lowest BCUT2D eigenvalue weighted by Crippen LogP contribution is -2.47. The molecule has 37 heavy (non-hydrogen) atoms. The van der Waals surface area contributed by atoms with Gasteiger partial charge in [0.15, 0.2) is 29.9 Å². The molecule has 1 amide bonds. The second-order valence-corrected chi connectivity index (χ2v) is 9.00. The van der Waals surface area contributed by atoms with Crippen LogP contribution < -0.4 is 19.9 Å². The van der Waals surface area contributed by atoms with Gasteiger partial charge < -0.3 is 19.9 Å². The number of nitrogens with one attached hydrogen (secondary N) is 1. The Bertz CT molecular complexity index is 1320. The molecule has 0 radical (unpaired) electrons. The van der Waals surface area contributed by atoms with Gasteiger partial charge in [0.25, 0.3) is 5.91 Å². The fourth-order valence-corrected chi connectivity index (χ4v) is 4.40. The fraction of sp³-hybridized carbons (Fsp3) is 0.269. The normalized spacial score (nSPS) is 13.6. The van der Waals surface area contributed by atoms with E-state index in [9.17, 15) is 26.7 Å². The maximum atomic E-state index is 14.2. The molecule has 0 bridgehead atoms. The highest BCUT2D eigenvalue weighted by Crippen LogP contribution is 2.33. The second kappa shape index (κ2) is 10.8. The Kier molecular flexibility index (Phi) is 7.77. The Balaban J connectivity index is 1.38. The van der Waals surface area contributed by atoms with Crippen molar-refractivity contribution in [2.75, 3.05) is 47.9 Å². The first-order chi connectivity index (χ1) is 17.6. The third-order valence-electron chi connectivity index (χ3n) is 6.27. The van der Waals surface area contributed by atoms with Crippen LogP contribution in [0.25, 0.3) is 0 Å². The van der Waals surface area contributed by atoms with Crippen molar-refractivity contribution in [3.05, 3.63) is 81.6 Å². The lowest BCUT2D eigenvalue weighted by molar-refractivity contribution is -0.118. The van der Waals surface area contributed by atoms with Crippen molar-refractivity contribution in [2.45, 2.75) is 13.8 Å². The predicted molar refractivity (Wildman–Crippen MR) is 132 cm³/mol. The average Bonchev–Trinajstić information content (AvgIpc) is 2.88. The number of aryl methyl sites for hydroxylation is 1. The number of ether oxygens (including phenoxy) is 1. The summed E-state index contributed by atoms with van der Waals surface area (Å²) in [5, 5.41) is 3.03. The van der Waals surface area contributed by atoms with E-state index >= 15 is 0 Å². The van der Waals surface area contributed by atoms with E-state index in [-0.39, 0.29) is 38.7 Å². The molecule has 4 rings (SSSR count). The molecule has 0 saturated carbocycles. The third-order valence-corrected chi connectivity index (χ3v) is 6.57. The molecule has 0 aliphatic carbocycles. The van der Waals surface area contributed by atoms with Gasteiger partial charge in [-0.05, 0) is 49.2 Å². The van der Waals surface area contributed by atoms with Crippen molar-refractivity contribution in [1.82, 2.24) is 0 Å². The molecule has 1 aliphatic heterocycles. The van der Waals surface area contributed by atoms with E-state index in [1.54, 1.807) is 24.3 Å². The second-order valence-electron chi connectivity index (χ2n) is 8.59. The van der Waals surface area contributed by atoms with Crippen LogP contribution in [0.2, 0.25) is 5.02 Å². The van der Waals surface area contributed by atoms with Crippen molar-refractivity contribution < 1.29 is 31.5 Å². The van der Waals surface area contributed by atoms with E-state index < -0.39 is 34.8 Å². The first-order valence-electron chi connectivity index (χ1n) is 11.4. The van der Waals surface area contributed by atoms with E-state index in [0.717, 1.165) is 16.0 Å². The molecule has 5 nitrogen and oxygen atoms in total. The van der Waals surface area contributed by atoms with Gasteiger partial charge in [-0.25, -0.2) is 22.0 Å². The van der Waals surface area contributed by atoms with E-state index in [0.29, 0.717) is 22.1 Å². The number of benzene rings is 3. The van der Waals surface area contributed by atoms with E-state index in [1.807, 2.05) is 30.9 Å². The van der Waals surface area contributed by atoms with E-state index in [2.05, 4.69) is 5.32 Å². The number of carbonyl (C=O) groups is 1. The van der Waals surface area contributed by atoms with Crippen molar-refractivity contribution in [2.24, 2.45) is 0 Å². The molecule has 1 N–H and O–H groups in total. The SMILES string of the molecule is Cc1cccc(OCC(=O)Nc2ccc(N3CCN(c4c(F)c(F)c(F)c(F)c4F)CC3)c(Cl)c2)c1C. The smallest absolute Gasteiger partial charge is 0.262 e. The van der Waals surface area contributed by atoms with Crippen LogP contribution in [0.5, 0.6) is 5.75 Å². The molecular weight excluding hydrogens is 517 g/mol. The number of nitrogens with zero attached hydrogens (tertiary/aromatic N) is 2. The van der Waals surface area contributed by atoms with Crippen LogP contribution in [0.1, 0.15) is 11.1 Å². The predicted octanol–water partition coefficient (Wildman–Crippen LogP) is 6.00. The van der Waals surface area contributed by atoms with Crippen LogP contribution in [0.15, 0.2) is 36.4 Å². The molecule has 0 aromatic heterocycles. The van der Waals surface area contributed by atoms with Crippen LogP contribution in [0.4, 0.5) is 39.0 Å². The highest BCUT2D eigenvalue weighted by atomic mass is 35.5. The van der Waals surface area contributed by atoms with Gasteiger partial charge in [-0.2, -0.15) is 0 Å². The fourth-order valence-electron chi connectivity index (χ4n) is 4.10.